The largest absolute Gasteiger partial charge is 0.0861 e. The standard InChI is InChI=1S/C4H8I/c1-4(2)3-5/h4H,1,3H2,2H3. The van der Waals surface area contributed by atoms with Crippen molar-refractivity contribution in [3.05, 3.63) is 6.92 Å². The average Bonchev–Trinajstić information content (AvgIpc) is 1.38. The van der Waals surface area contributed by atoms with Crippen molar-refractivity contribution in [2.75, 3.05) is 4.43 Å². The molecule has 0 aliphatic rings. The molecule has 1 radical (unpaired) electrons. The van der Waals surface area contributed by atoms with Gasteiger partial charge in [0.05, 0.1) is 0 Å². The van der Waals surface area contributed by atoms with Crippen molar-refractivity contribution in [1.29, 1.82) is 0 Å². The Balaban J connectivity index is 2.54. The smallest absolute Gasteiger partial charge is 0.00210 e. The zero-order chi connectivity index (χ0) is 4.28. The summed E-state index contributed by atoms with van der Waals surface area (Å²) >= 11 is 2.31. The Bertz CT molecular complexity index is 17.6. The van der Waals surface area contributed by atoms with Crippen LogP contribution in [0.25, 0.3) is 0 Å². The Morgan fingerprint density at radius 3 is 2.20 bits per heavy atom. The van der Waals surface area contributed by atoms with E-state index in [1.807, 2.05) is 0 Å². The van der Waals surface area contributed by atoms with Gasteiger partial charge in [0.1, 0.15) is 0 Å². The van der Waals surface area contributed by atoms with Crippen LogP contribution in [-0.2, 0) is 0 Å². The first-order valence-corrected chi connectivity index (χ1v) is 3.19. The molecule has 0 aliphatic carbocycles. The van der Waals surface area contributed by atoms with E-state index in [1.54, 1.807) is 0 Å². The molecule has 31 valence electrons. The highest BCUT2D eigenvalue weighted by Crippen LogP contribution is 1.94. The molecule has 0 aromatic carbocycles. The fraction of sp³-hybridized carbons (Fsp3) is 0.750. The minimum absolute atomic E-state index is 0.621. The van der Waals surface area contributed by atoms with Crippen molar-refractivity contribution in [2.45, 2.75) is 6.92 Å². The summed E-state index contributed by atoms with van der Waals surface area (Å²) in [5.74, 6) is 0.621. The molecule has 0 fully saturated rings. The SMILES string of the molecule is [CH2]C(C)CI. The van der Waals surface area contributed by atoms with Gasteiger partial charge in [-0.2, -0.15) is 0 Å². The first-order chi connectivity index (χ1) is 2.27. The van der Waals surface area contributed by atoms with Gasteiger partial charge in [0.2, 0.25) is 0 Å². The van der Waals surface area contributed by atoms with Gasteiger partial charge in [0, 0.05) is 4.43 Å². The van der Waals surface area contributed by atoms with Crippen molar-refractivity contribution < 1.29 is 0 Å². The summed E-state index contributed by atoms with van der Waals surface area (Å²) in [5.41, 5.74) is 0. The average molecular weight is 183 g/mol. The Labute approximate surface area is 47.1 Å². The van der Waals surface area contributed by atoms with Gasteiger partial charge in [-0.05, 0) is 12.8 Å². The second-order valence-electron chi connectivity index (χ2n) is 1.26. The molecule has 0 N–H and O–H groups in total. The van der Waals surface area contributed by atoms with E-state index < -0.39 is 0 Å². The van der Waals surface area contributed by atoms with Gasteiger partial charge in [-0.1, -0.05) is 29.5 Å². The lowest BCUT2D eigenvalue weighted by molar-refractivity contribution is 0.858. The van der Waals surface area contributed by atoms with Gasteiger partial charge in [-0.15, -0.1) is 0 Å². The molecule has 1 heteroatoms. The third-order valence-corrected chi connectivity index (χ3v) is 1.77. The molecule has 0 spiro atoms. The maximum absolute atomic E-state index is 3.75. The predicted octanol–water partition coefficient (Wildman–Crippen LogP) is 1.89. The van der Waals surface area contributed by atoms with Crippen molar-refractivity contribution in [3.63, 3.8) is 0 Å². The summed E-state index contributed by atoms with van der Waals surface area (Å²) in [4.78, 5) is 0. The van der Waals surface area contributed by atoms with E-state index in [9.17, 15) is 0 Å². The van der Waals surface area contributed by atoms with Crippen molar-refractivity contribution in [1.82, 2.24) is 0 Å². The summed E-state index contributed by atoms with van der Waals surface area (Å²) in [6.45, 7) is 5.85. The maximum atomic E-state index is 3.75. The topological polar surface area (TPSA) is 0 Å². The first kappa shape index (κ1) is 5.73. The monoisotopic (exact) mass is 183 g/mol. The van der Waals surface area contributed by atoms with Gasteiger partial charge in [-0.25, -0.2) is 0 Å². The lowest BCUT2D eigenvalue weighted by Gasteiger charge is -1.88. The normalized spacial score (nSPS) is 9.60. The summed E-state index contributed by atoms with van der Waals surface area (Å²) in [5, 5.41) is 0. The molecule has 0 rings (SSSR count). The fourth-order valence-corrected chi connectivity index (χ4v) is 0. The summed E-state index contributed by atoms with van der Waals surface area (Å²) in [6, 6.07) is 0. The van der Waals surface area contributed by atoms with Crippen LogP contribution in [-0.4, -0.2) is 4.43 Å². The molecule has 0 heterocycles. The van der Waals surface area contributed by atoms with Gasteiger partial charge >= 0.3 is 0 Å². The number of hydrogen-bond donors (Lipinski definition) is 0. The molecule has 0 nitrogen and oxygen atoms in total. The number of rotatable bonds is 1. The Hall–Kier alpha value is 0.730. The molecule has 0 saturated heterocycles. The Kier molecular flexibility index (Phi) is 3.37. The van der Waals surface area contributed by atoms with Crippen molar-refractivity contribution in [3.8, 4) is 0 Å². The second kappa shape index (κ2) is 2.94. The lowest BCUT2D eigenvalue weighted by atomic mass is 10.3. The van der Waals surface area contributed by atoms with Crippen LogP contribution in [0.3, 0.4) is 0 Å². The third-order valence-electron chi connectivity index (χ3n) is 0.263. The highest BCUT2D eigenvalue weighted by molar-refractivity contribution is 14.1. The minimum atomic E-state index is 0.621. The maximum Gasteiger partial charge on any atom is 0.00210 e. The predicted molar refractivity (Wildman–Crippen MR) is 33.4 cm³/mol. The van der Waals surface area contributed by atoms with E-state index in [2.05, 4.69) is 36.4 Å². The Morgan fingerprint density at radius 1 is 2.00 bits per heavy atom. The first-order valence-electron chi connectivity index (χ1n) is 1.66. The van der Waals surface area contributed by atoms with Crippen molar-refractivity contribution in [2.24, 2.45) is 5.92 Å². The molecule has 5 heavy (non-hydrogen) atoms. The zero-order valence-corrected chi connectivity index (χ0v) is 5.53. The summed E-state index contributed by atoms with van der Waals surface area (Å²) < 4.78 is 1.16. The fourth-order valence-electron chi connectivity index (χ4n) is 0. The molecule has 0 aromatic rings. The number of halogens is 1. The molecular formula is C4H8I. The van der Waals surface area contributed by atoms with Gasteiger partial charge in [-0.3, -0.25) is 0 Å². The van der Waals surface area contributed by atoms with Crippen LogP contribution >= 0.6 is 22.6 Å². The van der Waals surface area contributed by atoms with Crippen LogP contribution in [0.15, 0.2) is 0 Å². The van der Waals surface area contributed by atoms with Crippen LogP contribution in [0.4, 0.5) is 0 Å². The lowest BCUT2D eigenvalue weighted by Crippen LogP contribution is -1.83. The van der Waals surface area contributed by atoms with E-state index in [4.69, 9.17) is 0 Å². The molecule has 0 saturated carbocycles. The van der Waals surface area contributed by atoms with E-state index in [0.29, 0.717) is 5.92 Å². The van der Waals surface area contributed by atoms with Crippen LogP contribution in [0.5, 0.6) is 0 Å². The Morgan fingerprint density at radius 2 is 2.20 bits per heavy atom. The van der Waals surface area contributed by atoms with Crippen LogP contribution < -0.4 is 0 Å². The van der Waals surface area contributed by atoms with Crippen LogP contribution in [0.1, 0.15) is 6.92 Å². The van der Waals surface area contributed by atoms with E-state index >= 15 is 0 Å². The highest BCUT2D eigenvalue weighted by Gasteiger charge is 1.81. The third kappa shape index (κ3) is 4.73. The molecule has 0 bridgehead atoms. The van der Waals surface area contributed by atoms with Crippen molar-refractivity contribution >= 4 is 22.6 Å². The molecule has 1 unspecified atom stereocenters. The molecule has 0 aromatic heterocycles. The highest BCUT2D eigenvalue weighted by atomic mass is 127. The minimum Gasteiger partial charge on any atom is -0.0861 e. The number of hydrogen-bond acceptors (Lipinski definition) is 0. The van der Waals surface area contributed by atoms with Gasteiger partial charge < -0.3 is 0 Å². The quantitative estimate of drug-likeness (QED) is 0.430. The van der Waals surface area contributed by atoms with E-state index in [1.165, 1.54) is 0 Å². The van der Waals surface area contributed by atoms with Crippen LogP contribution in [0, 0.1) is 12.8 Å². The summed E-state index contributed by atoms with van der Waals surface area (Å²) in [7, 11) is 0. The molecule has 1 atom stereocenters. The summed E-state index contributed by atoms with van der Waals surface area (Å²) in [6.07, 6.45) is 0. The van der Waals surface area contributed by atoms with E-state index in [-0.39, 0.29) is 0 Å². The van der Waals surface area contributed by atoms with Crippen LogP contribution in [0.2, 0.25) is 0 Å². The van der Waals surface area contributed by atoms with Gasteiger partial charge in [0.15, 0.2) is 0 Å². The van der Waals surface area contributed by atoms with Gasteiger partial charge in [0.25, 0.3) is 0 Å². The molecule has 0 aliphatic heterocycles. The zero-order valence-electron chi connectivity index (χ0n) is 3.37. The molecule has 0 amide bonds. The second-order valence-corrected chi connectivity index (χ2v) is 2.14. The van der Waals surface area contributed by atoms with E-state index in [0.717, 1.165) is 4.43 Å². The number of alkyl halides is 1. The molecular weight excluding hydrogens is 175 g/mol.